The van der Waals surface area contributed by atoms with Crippen molar-refractivity contribution in [3.05, 3.63) is 64.2 Å². The molecule has 1 N–H and O–H groups in total. The molecule has 130 valence electrons. The Balaban J connectivity index is 1.74. The number of nitrogens with one attached hydrogen (secondary N) is 1. The third-order valence-corrected chi connectivity index (χ3v) is 4.91. The number of hydrogen-bond donors (Lipinski definition) is 1. The lowest BCUT2D eigenvalue weighted by molar-refractivity contribution is -0.115. The maximum Gasteiger partial charge on any atom is 0.254 e. The molecular weight excluding hydrogens is 336 g/mol. The van der Waals surface area contributed by atoms with Gasteiger partial charge in [0.2, 0.25) is 5.91 Å². The van der Waals surface area contributed by atoms with Gasteiger partial charge in [0.25, 0.3) is 5.91 Å². The lowest BCUT2D eigenvalue weighted by Gasteiger charge is -2.18. The molecule has 4 nitrogen and oxygen atoms in total. The van der Waals surface area contributed by atoms with Gasteiger partial charge < -0.3 is 10.2 Å². The average Bonchev–Trinajstić information content (AvgIpc) is 3.13. The first-order valence-corrected chi connectivity index (χ1v) is 8.86. The molecule has 1 fully saturated rings. The summed E-state index contributed by atoms with van der Waals surface area (Å²) in [5.74, 6) is -0.112. The molecule has 2 aromatic rings. The number of carbonyl (C=O) groups is 2. The standard InChI is InChI=1S/C20H21ClN2O2/c1-14-16(20(25)23-11-4-5-12-23)8-6-10-18(14)22-19(24)13-15-7-2-3-9-17(15)21/h2-3,6-10H,4-5,11-13H2,1H3,(H,22,24). The zero-order valence-electron chi connectivity index (χ0n) is 14.2. The van der Waals surface area contributed by atoms with Gasteiger partial charge in [0.1, 0.15) is 0 Å². The Hall–Kier alpha value is -2.33. The smallest absolute Gasteiger partial charge is 0.254 e. The van der Waals surface area contributed by atoms with Crippen molar-refractivity contribution in [2.75, 3.05) is 18.4 Å². The topological polar surface area (TPSA) is 49.4 Å². The molecule has 1 aliphatic rings. The van der Waals surface area contributed by atoms with Gasteiger partial charge in [-0.25, -0.2) is 0 Å². The number of halogens is 1. The molecule has 0 aromatic heterocycles. The molecule has 2 amide bonds. The highest BCUT2D eigenvalue weighted by molar-refractivity contribution is 6.31. The fourth-order valence-corrected chi connectivity index (χ4v) is 3.30. The maximum atomic E-state index is 12.6. The van der Waals surface area contributed by atoms with Crippen molar-refractivity contribution >= 4 is 29.1 Å². The highest BCUT2D eigenvalue weighted by Crippen LogP contribution is 2.23. The van der Waals surface area contributed by atoms with Gasteiger partial charge in [-0.15, -0.1) is 0 Å². The number of anilines is 1. The fraction of sp³-hybridized carbons (Fsp3) is 0.300. The summed E-state index contributed by atoms with van der Waals surface area (Å²) in [6, 6.07) is 12.7. The van der Waals surface area contributed by atoms with Crippen molar-refractivity contribution in [3.8, 4) is 0 Å². The number of hydrogen-bond acceptors (Lipinski definition) is 2. The molecular formula is C20H21ClN2O2. The van der Waals surface area contributed by atoms with Crippen LogP contribution in [0.15, 0.2) is 42.5 Å². The van der Waals surface area contributed by atoms with Crippen molar-refractivity contribution < 1.29 is 9.59 Å². The Morgan fingerprint density at radius 2 is 1.80 bits per heavy atom. The molecule has 0 spiro atoms. The Morgan fingerprint density at radius 3 is 2.52 bits per heavy atom. The summed E-state index contributed by atoms with van der Waals surface area (Å²) < 4.78 is 0. The van der Waals surface area contributed by atoms with Crippen LogP contribution in [0.4, 0.5) is 5.69 Å². The molecule has 1 aliphatic heterocycles. The van der Waals surface area contributed by atoms with Gasteiger partial charge in [0, 0.05) is 29.4 Å². The van der Waals surface area contributed by atoms with Crippen LogP contribution in [-0.4, -0.2) is 29.8 Å². The fourth-order valence-electron chi connectivity index (χ4n) is 3.10. The van der Waals surface area contributed by atoms with E-state index in [2.05, 4.69) is 5.32 Å². The summed E-state index contributed by atoms with van der Waals surface area (Å²) in [5, 5.41) is 3.48. The maximum absolute atomic E-state index is 12.6. The van der Waals surface area contributed by atoms with Gasteiger partial charge >= 0.3 is 0 Å². The lowest BCUT2D eigenvalue weighted by atomic mass is 10.0. The quantitative estimate of drug-likeness (QED) is 0.897. The van der Waals surface area contributed by atoms with Gasteiger partial charge in [0.05, 0.1) is 6.42 Å². The zero-order chi connectivity index (χ0) is 17.8. The second-order valence-corrected chi connectivity index (χ2v) is 6.70. The van der Waals surface area contributed by atoms with Gasteiger partial charge in [-0.05, 0) is 49.1 Å². The number of amides is 2. The molecule has 0 radical (unpaired) electrons. The van der Waals surface area contributed by atoms with Crippen molar-refractivity contribution in [2.45, 2.75) is 26.2 Å². The van der Waals surface area contributed by atoms with E-state index in [-0.39, 0.29) is 18.2 Å². The van der Waals surface area contributed by atoms with Crippen LogP contribution in [0.2, 0.25) is 5.02 Å². The van der Waals surface area contributed by atoms with E-state index in [0.717, 1.165) is 37.1 Å². The van der Waals surface area contributed by atoms with E-state index in [4.69, 9.17) is 11.6 Å². The summed E-state index contributed by atoms with van der Waals surface area (Å²) in [6.45, 7) is 3.48. The number of carbonyl (C=O) groups excluding carboxylic acids is 2. The Morgan fingerprint density at radius 1 is 1.08 bits per heavy atom. The van der Waals surface area contributed by atoms with Crippen LogP contribution >= 0.6 is 11.6 Å². The van der Waals surface area contributed by atoms with E-state index < -0.39 is 0 Å². The Kier molecular flexibility index (Phi) is 5.39. The van der Waals surface area contributed by atoms with Crippen molar-refractivity contribution in [1.29, 1.82) is 0 Å². The van der Waals surface area contributed by atoms with E-state index in [1.165, 1.54) is 0 Å². The normalized spacial score (nSPS) is 13.8. The summed E-state index contributed by atoms with van der Waals surface area (Å²) in [7, 11) is 0. The van der Waals surface area contributed by atoms with Gasteiger partial charge in [0.15, 0.2) is 0 Å². The second kappa shape index (κ2) is 7.70. The third-order valence-electron chi connectivity index (χ3n) is 4.54. The molecule has 3 rings (SSSR count). The Bertz CT molecular complexity index is 798. The molecule has 0 atom stereocenters. The molecule has 2 aromatic carbocycles. The minimum Gasteiger partial charge on any atom is -0.339 e. The largest absolute Gasteiger partial charge is 0.339 e. The molecule has 0 bridgehead atoms. The monoisotopic (exact) mass is 356 g/mol. The van der Waals surface area contributed by atoms with Gasteiger partial charge in [-0.1, -0.05) is 35.9 Å². The van der Waals surface area contributed by atoms with Crippen molar-refractivity contribution in [3.63, 3.8) is 0 Å². The van der Waals surface area contributed by atoms with Crippen LogP contribution in [0.25, 0.3) is 0 Å². The van der Waals surface area contributed by atoms with E-state index >= 15 is 0 Å². The number of rotatable bonds is 4. The molecule has 0 aliphatic carbocycles. The van der Waals surface area contributed by atoms with Crippen LogP contribution in [0.1, 0.15) is 34.3 Å². The minimum atomic E-state index is -0.151. The predicted molar refractivity (Wildman–Crippen MR) is 100 cm³/mol. The van der Waals surface area contributed by atoms with Crippen LogP contribution in [0.3, 0.4) is 0 Å². The van der Waals surface area contributed by atoms with E-state index in [0.29, 0.717) is 16.3 Å². The van der Waals surface area contributed by atoms with E-state index in [1.807, 2.05) is 42.2 Å². The SMILES string of the molecule is Cc1c(NC(=O)Cc2ccccc2Cl)cccc1C(=O)N1CCCC1. The average molecular weight is 357 g/mol. The second-order valence-electron chi connectivity index (χ2n) is 6.29. The van der Waals surface area contributed by atoms with Gasteiger partial charge in [-0.3, -0.25) is 9.59 Å². The summed E-state index contributed by atoms with van der Waals surface area (Å²) in [6.07, 6.45) is 2.31. The molecule has 0 saturated carbocycles. The summed E-state index contributed by atoms with van der Waals surface area (Å²) in [4.78, 5) is 26.9. The Labute approximate surface area is 152 Å². The van der Waals surface area contributed by atoms with Crippen LogP contribution in [0.5, 0.6) is 0 Å². The van der Waals surface area contributed by atoms with E-state index in [9.17, 15) is 9.59 Å². The number of nitrogens with zero attached hydrogens (tertiary/aromatic N) is 1. The van der Waals surface area contributed by atoms with Crippen molar-refractivity contribution in [1.82, 2.24) is 4.90 Å². The predicted octanol–water partition coefficient (Wildman–Crippen LogP) is 4.07. The molecule has 1 heterocycles. The third kappa shape index (κ3) is 4.02. The van der Waals surface area contributed by atoms with Gasteiger partial charge in [-0.2, -0.15) is 0 Å². The highest BCUT2D eigenvalue weighted by atomic mass is 35.5. The molecule has 25 heavy (non-hydrogen) atoms. The first-order chi connectivity index (χ1) is 12.1. The molecule has 5 heteroatoms. The van der Waals surface area contributed by atoms with Crippen LogP contribution in [0, 0.1) is 6.92 Å². The number of likely N-dealkylation sites (tertiary alicyclic amines) is 1. The summed E-state index contributed by atoms with van der Waals surface area (Å²) >= 11 is 6.11. The summed E-state index contributed by atoms with van der Waals surface area (Å²) in [5.41, 5.74) is 2.90. The van der Waals surface area contributed by atoms with Crippen LogP contribution < -0.4 is 5.32 Å². The zero-order valence-corrected chi connectivity index (χ0v) is 15.0. The molecule has 0 unspecified atom stereocenters. The van der Waals surface area contributed by atoms with Crippen LogP contribution in [-0.2, 0) is 11.2 Å². The number of benzene rings is 2. The minimum absolute atomic E-state index is 0.0391. The van der Waals surface area contributed by atoms with Crippen molar-refractivity contribution in [2.24, 2.45) is 0 Å². The lowest BCUT2D eigenvalue weighted by Crippen LogP contribution is -2.28. The first-order valence-electron chi connectivity index (χ1n) is 8.48. The highest BCUT2D eigenvalue weighted by Gasteiger charge is 2.22. The first kappa shape index (κ1) is 17.5. The van der Waals surface area contributed by atoms with E-state index in [1.54, 1.807) is 12.1 Å². The molecule has 1 saturated heterocycles.